The molecule has 0 spiro atoms. The average Bonchev–Trinajstić information content (AvgIpc) is 2.58. The third kappa shape index (κ3) is 3.96. The van der Waals surface area contributed by atoms with Gasteiger partial charge in [0.05, 0.1) is 17.8 Å². The number of anilines is 1. The summed E-state index contributed by atoms with van der Waals surface area (Å²) < 4.78 is 19.7. The first kappa shape index (κ1) is 18.6. The number of nitrogen functional groups attached to an aromatic ring is 1. The van der Waals surface area contributed by atoms with Gasteiger partial charge in [0, 0.05) is 16.3 Å². The summed E-state index contributed by atoms with van der Waals surface area (Å²) in [7, 11) is 0. The predicted molar refractivity (Wildman–Crippen MR) is 104 cm³/mol. The Kier molecular flexibility index (Phi) is 5.41. The van der Waals surface area contributed by atoms with Gasteiger partial charge in [-0.15, -0.1) is 0 Å². The van der Waals surface area contributed by atoms with Crippen molar-refractivity contribution in [2.45, 2.75) is 13.0 Å². The molecule has 1 aliphatic heterocycles. The Balaban J connectivity index is 1.87. The molecule has 0 aromatic heterocycles. The molecule has 0 saturated heterocycles. The molecule has 1 atom stereocenters. The van der Waals surface area contributed by atoms with Crippen LogP contribution in [0.1, 0.15) is 24.2 Å². The van der Waals surface area contributed by atoms with Crippen molar-refractivity contribution in [3.63, 3.8) is 0 Å². The summed E-state index contributed by atoms with van der Waals surface area (Å²) in [5.41, 5.74) is 8.77. The van der Waals surface area contributed by atoms with Crippen LogP contribution in [-0.4, -0.2) is 11.6 Å². The number of hydrogen-bond donors (Lipinski definition) is 2. The lowest BCUT2D eigenvalue weighted by Gasteiger charge is -2.26. The molecule has 0 saturated carbocycles. The fourth-order valence-electron chi connectivity index (χ4n) is 2.78. The van der Waals surface area contributed by atoms with Crippen LogP contribution in [0.25, 0.3) is 5.57 Å². The molecule has 0 bridgehead atoms. The van der Waals surface area contributed by atoms with Crippen LogP contribution in [0.2, 0.25) is 10.0 Å². The Labute approximate surface area is 161 Å². The van der Waals surface area contributed by atoms with E-state index in [2.05, 4.69) is 0 Å². The fourth-order valence-corrected chi connectivity index (χ4v) is 3.45. The minimum atomic E-state index is -0.563. The molecule has 0 aliphatic carbocycles. The minimum Gasteiger partial charge on any atom is -0.484 e. The predicted octanol–water partition coefficient (Wildman–Crippen LogP) is 4.91. The van der Waals surface area contributed by atoms with E-state index in [0.717, 1.165) is 11.1 Å². The number of hydrogen-bond acceptors (Lipinski definition) is 4. The third-order valence-corrected chi connectivity index (χ3v) is 4.76. The van der Waals surface area contributed by atoms with Crippen molar-refractivity contribution >= 4 is 34.5 Å². The number of benzene rings is 2. The Morgan fingerprint density at radius 1 is 1.15 bits per heavy atom. The maximum absolute atomic E-state index is 13.8. The summed E-state index contributed by atoms with van der Waals surface area (Å²) in [5.74, 6) is 5.96. The van der Waals surface area contributed by atoms with Gasteiger partial charge in [-0.3, -0.25) is 0 Å². The molecule has 2 aromatic rings. The lowest BCUT2D eigenvalue weighted by Crippen LogP contribution is -2.30. The summed E-state index contributed by atoms with van der Waals surface area (Å²) in [6, 6.07) is 10.2. The summed E-state index contributed by atoms with van der Waals surface area (Å²) in [6.07, 6.45) is 2.98. The lowest BCUT2D eigenvalue weighted by molar-refractivity contribution is 0.136. The Morgan fingerprint density at radius 2 is 1.85 bits per heavy atom. The summed E-state index contributed by atoms with van der Waals surface area (Å²) in [5, 5.41) is 1.81. The van der Waals surface area contributed by atoms with Crippen LogP contribution in [0, 0.1) is 5.82 Å². The number of rotatable bonds is 4. The lowest BCUT2D eigenvalue weighted by atomic mass is 10.0. The molecule has 0 fully saturated rings. The van der Waals surface area contributed by atoms with Crippen molar-refractivity contribution in [2.75, 3.05) is 12.3 Å². The van der Waals surface area contributed by atoms with Crippen LogP contribution in [0.15, 0.2) is 54.4 Å². The van der Waals surface area contributed by atoms with E-state index < -0.39 is 11.9 Å². The Hall–Kier alpha value is -2.21. The van der Waals surface area contributed by atoms with E-state index in [1.54, 1.807) is 13.1 Å². The number of hydrazine groups is 1. The molecule has 4 N–H and O–H groups in total. The van der Waals surface area contributed by atoms with Gasteiger partial charge in [0.15, 0.2) is 0 Å². The van der Waals surface area contributed by atoms with Crippen molar-refractivity contribution in [3.8, 4) is 0 Å². The molecule has 0 amide bonds. The van der Waals surface area contributed by atoms with Gasteiger partial charge in [-0.25, -0.2) is 10.2 Å². The van der Waals surface area contributed by atoms with Gasteiger partial charge in [-0.2, -0.15) is 0 Å². The number of ether oxygens (including phenoxy) is 1. The maximum atomic E-state index is 13.8. The number of halogens is 3. The van der Waals surface area contributed by atoms with E-state index in [0.29, 0.717) is 28.6 Å². The molecule has 1 heterocycles. The van der Waals surface area contributed by atoms with Crippen molar-refractivity contribution in [2.24, 2.45) is 5.84 Å². The van der Waals surface area contributed by atoms with Crippen LogP contribution in [0.3, 0.4) is 0 Å². The third-order valence-electron chi connectivity index (χ3n) is 4.04. The van der Waals surface area contributed by atoms with Crippen LogP contribution in [-0.2, 0) is 4.74 Å². The van der Waals surface area contributed by atoms with E-state index in [-0.39, 0.29) is 5.02 Å². The second kappa shape index (κ2) is 7.58. The average molecular weight is 394 g/mol. The van der Waals surface area contributed by atoms with Crippen LogP contribution < -0.4 is 11.6 Å². The van der Waals surface area contributed by atoms with Crippen LogP contribution in [0.4, 0.5) is 10.1 Å². The first-order valence-corrected chi connectivity index (χ1v) is 8.70. The number of nitrogens with zero attached hydrogens (tertiary/aromatic N) is 1. The molecule has 0 radical (unpaired) electrons. The van der Waals surface area contributed by atoms with Crippen molar-refractivity contribution < 1.29 is 9.13 Å². The van der Waals surface area contributed by atoms with E-state index >= 15 is 0 Å². The summed E-state index contributed by atoms with van der Waals surface area (Å²) in [6.45, 7) is 2.27. The first-order valence-electron chi connectivity index (χ1n) is 7.95. The Bertz CT molecular complexity index is 881. The monoisotopic (exact) mass is 393 g/mol. The molecule has 7 heteroatoms. The van der Waals surface area contributed by atoms with E-state index in [1.807, 2.05) is 30.3 Å². The molecule has 3 rings (SSSR count). The molecule has 1 unspecified atom stereocenters. The second-order valence-corrected chi connectivity index (χ2v) is 6.80. The molecule has 1 aliphatic rings. The highest BCUT2D eigenvalue weighted by molar-refractivity contribution is 6.36. The van der Waals surface area contributed by atoms with Gasteiger partial charge in [-0.1, -0.05) is 35.3 Å². The number of allylic oxidation sites excluding steroid dienone is 1. The molecule has 26 heavy (non-hydrogen) atoms. The van der Waals surface area contributed by atoms with E-state index in [9.17, 15) is 4.39 Å². The highest BCUT2D eigenvalue weighted by Gasteiger charge is 2.21. The van der Waals surface area contributed by atoms with Gasteiger partial charge in [0.2, 0.25) is 0 Å². The highest BCUT2D eigenvalue weighted by atomic mass is 35.5. The zero-order chi connectivity index (χ0) is 18.8. The summed E-state index contributed by atoms with van der Waals surface area (Å²) in [4.78, 5) is 0. The zero-order valence-electron chi connectivity index (χ0n) is 14.0. The van der Waals surface area contributed by atoms with E-state index in [4.69, 9.17) is 39.5 Å². The standard InChI is InChI=1S/C19H18Cl2FN3O/c1-11(18-16(20)6-7-17(22)19(18)21)26-15-8-13(9-25(24)10-15)12-2-4-14(23)5-3-12/h2-8,10-11H,9,23-24H2,1H3. The second-order valence-electron chi connectivity index (χ2n) is 6.01. The quantitative estimate of drug-likeness (QED) is 0.440. The molecular formula is C19H18Cl2FN3O. The highest BCUT2D eigenvalue weighted by Crippen LogP contribution is 2.36. The summed E-state index contributed by atoms with van der Waals surface area (Å²) >= 11 is 12.2. The van der Waals surface area contributed by atoms with Gasteiger partial charge in [0.25, 0.3) is 0 Å². The maximum Gasteiger partial charge on any atom is 0.142 e. The van der Waals surface area contributed by atoms with Gasteiger partial charge in [0.1, 0.15) is 17.7 Å². The fraction of sp³-hybridized carbons (Fsp3) is 0.158. The zero-order valence-corrected chi connectivity index (χ0v) is 15.6. The van der Waals surface area contributed by atoms with Crippen molar-refractivity contribution in [1.29, 1.82) is 0 Å². The van der Waals surface area contributed by atoms with Gasteiger partial charge < -0.3 is 15.5 Å². The SMILES string of the molecule is CC(OC1=CN(N)CC(c2ccc(N)cc2)=C1)c1c(Cl)ccc(F)c1Cl. The topological polar surface area (TPSA) is 64.5 Å². The van der Waals surface area contributed by atoms with Crippen LogP contribution >= 0.6 is 23.2 Å². The van der Waals surface area contributed by atoms with Crippen LogP contribution in [0.5, 0.6) is 0 Å². The van der Waals surface area contributed by atoms with E-state index in [1.165, 1.54) is 17.1 Å². The number of nitrogens with two attached hydrogens (primary N) is 2. The largest absolute Gasteiger partial charge is 0.484 e. The molecular weight excluding hydrogens is 376 g/mol. The smallest absolute Gasteiger partial charge is 0.142 e. The van der Waals surface area contributed by atoms with Crippen molar-refractivity contribution in [3.05, 3.63) is 81.4 Å². The minimum absolute atomic E-state index is 0.0475. The normalized spacial score (nSPS) is 15.3. The Morgan fingerprint density at radius 3 is 2.54 bits per heavy atom. The first-order chi connectivity index (χ1) is 12.3. The van der Waals surface area contributed by atoms with Gasteiger partial charge >= 0.3 is 0 Å². The molecule has 136 valence electrons. The van der Waals surface area contributed by atoms with Crippen molar-refractivity contribution in [1.82, 2.24) is 5.01 Å². The molecule has 4 nitrogen and oxygen atoms in total. The molecule has 2 aromatic carbocycles. The van der Waals surface area contributed by atoms with Gasteiger partial charge in [-0.05, 0) is 48.4 Å².